The summed E-state index contributed by atoms with van der Waals surface area (Å²) in [5.74, 6) is 0.333. The highest BCUT2D eigenvalue weighted by molar-refractivity contribution is 5.83. The van der Waals surface area contributed by atoms with Gasteiger partial charge in [0.1, 0.15) is 5.78 Å². The Morgan fingerprint density at radius 3 is 2.93 bits per heavy atom. The lowest BCUT2D eigenvalue weighted by atomic mass is 10.0. The monoisotopic (exact) mass is 209 g/mol. The number of Topliss-reactive ketones (excluding diaryl/α,β-unsaturated/α-hetero) is 1. The van der Waals surface area contributed by atoms with Crippen molar-refractivity contribution in [3.8, 4) is 0 Å². The van der Waals surface area contributed by atoms with E-state index in [4.69, 9.17) is 0 Å². The van der Waals surface area contributed by atoms with Crippen LogP contribution in [0.1, 0.15) is 19.4 Å². The van der Waals surface area contributed by atoms with E-state index in [-0.39, 0.29) is 11.7 Å². The van der Waals surface area contributed by atoms with E-state index in [0.29, 0.717) is 6.42 Å². The van der Waals surface area contributed by atoms with Gasteiger partial charge in [0.05, 0.1) is 6.20 Å². The summed E-state index contributed by atoms with van der Waals surface area (Å²) in [5.41, 5.74) is 1.00. The van der Waals surface area contributed by atoms with Crippen molar-refractivity contribution in [1.29, 1.82) is 0 Å². The van der Waals surface area contributed by atoms with Gasteiger partial charge in [0, 0.05) is 31.6 Å². The van der Waals surface area contributed by atoms with Gasteiger partial charge in [0.15, 0.2) is 0 Å². The van der Waals surface area contributed by atoms with Crippen molar-refractivity contribution in [1.82, 2.24) is 15.1 Å². The summed E-state index contributed by atoms with van der Waals surface area (Å²) in [5, 5.41) is 7.15. The fourth-order valence-corrected chi connectivity index (χ4v) is 1.47. The lowest BCUT2D eigenvalue weighted by Crippen LogP contribution is -2.24. The third kappa shape index (κ3) is 3.47. The van der Waals surface area contributed by atoms with Gasteiger partial charge in [-0.05, 0) is 19.5 Å². The van der Waals surface area contributed by atoms with Crippen LogP contribution in [0.25, 0.3) is 0 Å². The number of rotatable bonds is 6. The number of nitrogens with one attached hydrogen (secondary N) is 1. The number of carbonyl (C=O) groups excluding carboxylic acids is 1. The van der Waals surface area contributed by atoms with Crippen LogP contribution >= 0.6 is 0 Å². The van der Waals surface area contributed by atoms with Gasteiger partial charge < -0.3 is 5.32 Å². The molecule has 0 aliphatic heterocycles. The second kappa shape index (κ2) is 5.66. The highest BCUT2D eigenvalue weighted by Crippen LogP contribution is 2.05. The Morgan fingerprint density at radius 1 is 1.67 bits per heavy atom. The van der Waals surface area contributed by atoms with Crippen molar-refractivity contribution in [2.75, 3.05) is 13.6 Å². The molecule has 0 spiro atoms. The predicted molar refractivity (Wildman–Crippen MR) is 59.7 cm³/mol. The summed E-state index contributed by atoms with van der Waals surface area (Å²) < 4.78 is 1.84. The standard InChI is InChI=1S/C11H19N3O/c1-4-14-8-10(7-13-14)5-11(15)9(2)6-12-3/h7-9,12H,4-6H2,1-3H3. The van der Waals surface area contributed by atoms with E-state index >= 15 is 0 Å². The third-order valence-corrected chi connectivity index (χ3v) is 2.45. The Labute approximate surface area is 90.7 Å². The van der Waals surface area contributed by atoms with Crippen molar-refractivity contribution in [2.24, 2.45) is 5.92 Å². The lowest BCUT2D eigenvalue weighted by Gasteiger charge is -2.07. The van der Waals surface area contributed by atoms with Gasteiger partial charge in [-0.3, -0.25) is 9.48 Å². The minimum Gasteiger partial charge on any atom is -0.319 e. The van der Waals surface area contributed by atoms with E-state index in [9.17, 15) is 4.79 Å². The van der Waals surface area contributed by atoms with Crippen molar-refractivity contribution >= 4 is 5.78 Å². The summed E-state index contributed by atoms with van der Waals surface area (Å²) in [6.45, 7) is 5.56. The van der Waals surface area contributed by atoms with Crippen LogP contribution in [0, 0.1) is 5.92 Å². The molecule has 0 bridgehead atoms. The fourth-order valence-electron chi connectivity index (χ4n) is 1.47. The molecular weight excluding hydrogens is 190 g/mol. The number of nitrogens with zero attached hydrogens (tertiary/aromatic N) is 2. The summed E-state index contributed by atoms with van der Waals surface area (Å²) in [6, 6.07) is 0. The summed E-state index contributed by atoms with van der Waals surface area (Å²) in [7, 11) is 1.86. The smallest absolute Gasteiger partial charge is 0.141 e. The van der Waals surface area contributed by atoms with Crippen LogP contribution in [0.4, 0.5) is 0 Å². The molecule has 0 aromatic carbocycles. The van der Waals surface area contributed by atoms with Crippen LogP contribution in [-0.4, -0.2) is 29.2 Å². The molecule has 1 heterocycles. The number of hydrogen-bond donors (Lipinski definition) is 1. The third-order valence-electron chi connectivity index (χ3n) is 2.45. The molecule has 0 aliphatic carbocycles. The lowest BCUT2D eigenvalue weighted by molar-refractivity contribution is -0.121. The Morgan fingerprint density at radius 2 is 2.40 bits per heavy atom. The van der Waals surface area contributed by atoms with Gasteiger partial charge in [-0.1, -0.05) is 6.92 Å². The molecule has 1 aromatic heterocycles. The number of carbonyl (C=O) groups is 1. The molecule has 4 heteroatoms. The molecule has 0 fully saturated rings. The van der Waals surface area contributed by atoms with Crippen LogP contribution in [0.3, 0.4) is 0 Å². The van der Waals surface area contributed by atoms with E-state index in [1.165, 1.54) is 0 Å². The quantitative estimate of drug-likeness (QED) is 0.756. The predicted octanol–water partition coefficient (Wildman–Crippen LogP) is 0.870. The SMILES string of the molecule is CCn1cc(CC(=O)C(C)CNC)cn1. The van der Waals surface area contributed by atoms with Gasteiger partial charge >= 0.3 is 0 Å². The van der Waals surface area contributed by atoms with Gasteiger partial charge in [-0.25, -0.2) is 0 Å². The van der Waals surface area contributed by atoms with Crippen LogP contribution in [0.5, 0.6) is 0 Å². The molecule has 0 radical (unpaired) electrons. The highest BCUT2D eigenvalue weighted by Gasteiger charge is 2.13. The molecule has 0 aliphatic rings. The maximum absolute atomic E-state index is 11.7. The van der Waals surface area contributed by atoms with Crippen LogP contribution in [0.2, 0.25) is 0 Å². The van der Waals surface area contributed by atoms with E-state index in [2.05, 4.69) is 10.4 Å². The Balaban J connectivity index is 2.50. The first-order chi connectivity index (χ1) is 7.17. The molecule has 0 amide bonds. The average molecular weight is 209 g/mol. The van der Waals surface area contributed by atoms with E-state index in [1.54, 1.807) is 6.20 Å². The van der Waals surface area contributed by atoms with Gasteiger partial charge in [-0.2, -0.15) is 5.10 Å². The zero-order valence-electron chi connectivity index (χ0n) is 9.66. The van der Waals surface area contributed by atoms with Gasteiger partial charge in [0.25, 0.3) is 0 Å². The van der Waals surface area contributed by atoms with E-state index in [0.717, 1.165) is 18.7 Å². The molecule has 1 N–H and O–H groups in total. The van der Waals surface area contributed by atoms with Crippen LogP contribution in [0.15, 0.2) is 12.4 Å². The first-order valence-corrected chi connectivity index (χ1v) is 5.36. The van der Waals surface area contributed by atoms with Crippen LogP contribution < -0.4 is 5.32 Å². The Kier molecular flexibility index (Phi) is 4.49. The topological polar surface area (TPSA) is 46.9 Å². The number of ketones is 1. The molecule has 0 saturated heterocycles. The number of aromatic nitrogens is 2. The number of aryl methyl sites for hydroxylation is 1. The zero-order valence-corrected chi connectivity index (χ0v) is 9.66. The largest absolute Gasteiger partial charge is 0.319 e. The van der Waals surface area contributed by atoms with Crippen LogP contribution in [-0.2, 0) is 17.8 Å². The zero-order chi connectivity index (χ0) is 11.3. The summed E-state index contributed by atoms with van der Waals surface area (Å²) in [6.07, 6.45) is 4.19. The van der Waals surface area contributed by atoms with Gasteiger partial charge in [0.2, 0.25) is 0 Å². The van der Waals surface area contributed by atoms with Crippen molar-refractivity contribution in [3.63, 3.8) is 0 Å². The molecule has 1 aromatic rings. The van der Waals surface area contributed by atoms with E-state index in [1.807, 2.05) is 31.8 Å². The summed E-state index contributed by atoms with van der Waals surface area (Å²) >= 11 is 0. The van der Waals surface area contributed by atoms with Gasteiger partial charge in [-0.15, -0.1) is 0 Å². The first-order valence-electron chi connectivity index (χ1n) is 5.36. The molecular formula is C11H19N3O. The molecule has 0 saturated carbocycles. The molecule has 84 valence electrons. The minimum atomic E-state index is 0.0694. The molecule has 15 heavy (non-hydrogen) atoms. The Hall–Kier alpha value is -1.16. The highest BCUT2D eigenvalue weighted by atomic mass is 16.1. The molecule has 4 nitrogen and oxygen atoms in total. The normalized spacial score (nSPS) is 12.7. The fraction of sp³-hybridized carbons (Fsp3) is 0.636. The molecule has 1 rings (SSSR count). The summed E-state index contributed by atoms with van der Waals surface area (Å²) in [4.78, 5) is 11.7. The van der Waals surface area contributed by atoms with Crippen molar-refractivity contribution < 1.29 is 4.79 Å². The van der Waals surface area contributed by atoms with E-state index < -0.39 is 0 Å². The van der Waals surface area contributed by atoms with Crippen molar-refractivity contribution in [2.45, 2.75) is 26.8 Å². The first kappa shape index (κ1) is 11.9. The maximum atomic E-state index is 11.7. The van der Waals surface area contributed by atoms with Crippen molar-refractivity contribution in [3.05, 3.63) is 18.0 Å². The Bertz CT molecular complexity index is 319. The molecule has 1 atom stereocenters. The minimum absolute atomic E-state index is 0.0694. The second-order valence-corrected chi connectivity index (χ2v) is 3.81. The second-order valence-electron chi connectivity index (χ2n) is 3.81. The maximum Gasteiger partial charge on any atom is 0.141 e. The molecule has 1 unspecified atom stereocenters. The number of hydrogen-bond acceptors (Lipinski definition) is 3. The average Bonchev–Trinajstić information content (AvgIpc) is 2.66.